The molecule has 1 amide bonds. The molecule has 158 valence electrons. The lowest BCUT2D eigenvalue weighted by Crippen LogP contribution is -2.53. The summed E-state index contributed by atoms with van der Waals surface area (Å²) in [6, 6.07) is 16.2. The molecule has 2 aromatic carbocycles. The van der Waals surface area contributed by atoms with Gasteiger partial charge in [-0.2, -0.15) is 0 Å². The van der Waals surface area contributed by atoms with Crippen LogP contribution in [0.5, 0.6) is 0 Å². The highest BCUT2D eigenvalue weighted by Crippen LogP contribution is 2.18. The lowest BCUT2D eigenvalue weighted by atomic mass is 10.0. The van der Waals surface area contributed by atoms with Crippen LogP contribution in [0.25, 0.3) is 11.0 Å². The third-order valence-corrected chi connectivity index (χ3v) is 6.00. The summed E-state index contributed by atoms with van der Waals surface area (Å²) in [6.45, 7) is 7.37. The van der Waals surface area contributed by atoms with Crippen LogP contribution in [-0.2, 0) is 18.3 Å². The molecule has 3 aromatic rings. The normalized spacial score (nSPS) is 18.4. The number of amides is 1. The van der Waals surface area contributed by atoms with Gasteiger partial charge in [-0.3, -0.25) is 9.69 Å². The maximum atomic E-state index is 12.9. The minimum Gasteiger partial charge on any atom is -0.373 e. The van der Waals surface area contributed by atoms with Crippen LogP contribution in [0.1, 0.15) is 35.1 Å². The first-order valence-corrected chi connectivity index (χ1v) is 10.7. The van der Waals surface area contributed by atoms with E-state index in [0.29, 0.717) is 12.2 Å². The molecule has 1 saturated heterocycles. The number of morpholine rings is 1. The molecule has 0 saturated carbocycles. The first kappa shape index (κ1) is 20.6. The molecule has 30 heavy (non-hydrogen) atoms. The average molecular weight is 407 g/mol. The summed E-state index contributed by atoms with van der Waals surface area (Å²) in [5.74, 6) is 0.860. The molecule has 1 N–H and O–H groups in total. The number of benzene rings is 2. The van der Waals surface area contributed by atoms with E-state index in [1.54, 1.807) is 0 Å². The lowest BCUT2D eigenvalue weighted by molar-refractivity contribution is -0.0483. The summed E-state index contributed by atoms with van der Waals surface area (Å²) in [4.78, 5) is 19.9. The van der Waals surface area contributed by atoms with Crippen molar-refractivity contribution in [2.75, 3.05) is 19.7 Å². The van der Waals surface area contributed by atoms with E-state index in [4.69, 9.17) is 4.74 Å². The summed E-state index contributed by atoms with van der Waals surface area (Å²) < 4.78 is 8.08. The summed E-state index contributed by atoms with van der Waals surface area (Å²) >= 11 is 0. The largest absolute Gasteiger partial charge is 0.373 e. The number of carbonyl (C=O) groups is 1. The molecular weight excluding hydrogens is 376 g/mol. The van der Waals surface area contributed by atoms with Gasteiger partial charge in [-0.05, 0) is 37.1 Å². The number of hydrogen-bond donors (Lipinski definition) is 1. The second kappa shape index (κ2) is 8.98. The molecule has 0 unspecified atom stereocenters. The summed E-state index contributed by atoms with van der Waals surface area (Å²) in [7, 11) is 1.99. The number of ether oxygens (including phenoxy) is 1. The number of imidazole rings is 1. The summed E-state index contributed by atoms with van der Waals surface area (Å²) in [6.07, 6.45) is 0.804. The zero-order valence-corrected chi connectivity index (χ0v) is 18.0. The summed E-state index contributed by atoms with van der Waals surface area (Å²) in [5.41, 5.74) is 3.81. The van der Waals surface area contributed by atoms with E-state index in [2.05, 4.69) is 46.4 Å². The number of fused-ring (bicyclic) bond motifs is 1. The zero-order valence-electron chi connectivity index (χ0n) is 18.0. The number of nitrogens with one attached hydrogen (secondary N) is 1. The molecule has 1 aliphatic heterocycles. The average Bonchev–Trinajstić information content (AvgIpc) is 3.05. The van der Waals surface area contributed by atoms with Gasteiger partial charge >= 0.3 is 0 Å². The van der Waals surface area contributed by atoms with Crippen molar-refractivity contribution < 1.29 is 9.53 Å². The van der Waals surface area contributed by atoms with Crippen LogP contribution >= 0.6 is 0 Å². The number of nitrogens with zero attached hydrogens (tertiary/aromatic N) is 3. The minimum absolute atomic E-state index is 0.0164. The second-order valence-electron chi connectivity index (χ2n) is 8.04. The Morgan fingerprint density at radius 3 is 2.83 bits per heavy atom. The van der Waals surface area contributed by atoms with Gasteiger partial charge < -0.3 is 14.6 Å². The summed E-state index contributed by atoms with van der Waals surface area (Å²) in [5, 5.41) is 3.20. The van der Waals surface area contributed by atoms with Crippen LogP contribution in [0.3, 0.4) is 0 Å². The quantitative estimate of drug-likeness (QED) is 0.682. The Hall–Kier alpha value is -2.70. The molecule has 6 nitrogen and oxygen atoms in total. The first-order valence-electron chi connectivity index (χ1n) is 10.7. The molecule has 1 fully saturated rings. The molecule has 4 rings (SSSR count). The van der Waals surface area contributed by atoms with Gasteiger partial charge in [-0.25, -0.2) is 4.98 Å². The van der Waals surface area contributed by atoms with Crippen LogP contribution in [-0.4, -0.2) is 52.2 Å². The Bertz CT molecular complexity index is 1010. The van der Waals surface area contributed by atoms with Crippen molar-refractivity contribution >= 4 is 16.9 Å². The SMILES string of the molecule is CC[C@H](NC(=O)c1ccc2c(c1)nc(C)n2C)[C@H]1CN(Cc2ccccc2)CCO1. The van der Waals surface area contributed by atoms with Gasteiger partial charge in [0.15, 0.2) is 0 Å². The van der Waals surface area contributed by atoms with Crippen LogP contribution in [0.15, 0.2) is 48.5 Å². The number of aromatic nitrogens is 2. The maximum Gasteiger partial charge on any atom is 0.251 e. The highest BCUT2D eigenvalue weighted by molar-refractivity contribution is 5.97. The van der Waals surface area contributed by atoms with Gasteiger partial charge in [-0.15, -0.1) is 0 Å². The molecule has 0 spiro atoms. The van der Waals surface area contributed by atoms with Crippen LogP contribution < -0.4 is 5.32 Å². The van der Waals surface area contributed by atoms with E-state index in [1.165, 1.54) is 5.56 Å². The van der Waals surface area contributed by atoms with Crippen LogP contribution in [0.2, 0.25) is 0 Å². The van der Waals surface area contributed by atoms with E-state index in [9.17, 15) is 4.79 Å². The third-order valence-electron chi connectivity index (χ3n) is 6.00. The van der Waals surface area contributed by atoms with E-state index in [0.717, 1.165) is 42.9 Å². The van der Waals surface area contributed by atoms with Crippen LogP contribution in [0.4, 0.5) is 0 Å². The lowest BCUT2D eigenvalue weighted by Gasteiger charge is -2.37. The molecule has 0 aliphatic carbocycles. The Morgan fingerprint density at radius 1 is 1.27 bits per heavy atom. The van der Waals surface area contributed by atoms with Gasteiger partial charge in [0.2, 0.25) is 0 Å². The number of carbonyl (C=O) groups excluding carboxylic acids is 1. The smallest absolute Gasteiger partial charge is 0.251 e. The fourth-order valence-electron chi connectivity index (χ4n) is 4.13. The van der Waals surface area contributed by atoms with Crippen molar-refractivity contribution in [1.29, 1.82) is 0 Å². The van der Waals surface area contributed by atoms with E-state index >= 15 is 0 Å². The molecule has 2 atom stereocenters. The number of hydrogen-bond acceptors (Lipinski definition) is 4. The Kier molecular flexibility index (Phi) is 6.16. The highest BCUT2D eigenvalue weighted by Gasteiger charge is 2.28. The first-order chi connectivity index (χ1) is 14.5. The molecule has 1 aliphatic rings. The number of rotatable bonds is 6. The maximum absolute atomic E-state index is 12.9. The van der Waals surface area contributed by atoms with E-state index in [1.807, 2.05) is 42.8 Å². The topological polar surface area (TPSA) is 59.4 Å². The molecule has 0 radical (unpaired) electrons. The molecular formula is C24H30N4O2. The fraction of sp³-hybridized carbons (Fsp3) is 0.417. The monoisotopic (exact) mass is 406 g/mol. The minimum atomic E-state index is -0.0733. The van der Waals surface area contributed by atoms with Crippen molar-refractivity contribution in [3.63, 3.8) is 0 Å². The fourth-order valence-corrected chi connectivity index (χ4v) is 4.13. The molecule has 2 heterocycles. The van der Waals surface area contributed by atoms with Gasteiger partial charge in [0.05, 0.1) is 29.8 Å². The standard InChI is InChI=1S/C24H30N4O2/c1-4-20(23-16-28(12-13-30-23)15-18-8-6-5-7-9-18)26-24(29)19-10-11-22-21(14-19)25-17(2)27(22)3/h5-11,14,20,23H,4,12-13,15-16H2,1-3H3,(H,26,29)/t20-,23+/m0/s1. The predicted molar refractivity (Wildman–Crippen MR) is 118 cm³/mol. The predicted octanol–water partition coefficient (Wildman–Crippen LogP) is 3.29. The van der Waals surface area contributed by atoms with Crippen molar-refractivity contribution in [3.05, 3.63) is 65.5 Å². The van der Waals surface area contributed by atoms with Gasteiger partial charge in [0.1, 0.15) is 5.82 Å². The van der Waals surface area contributed by atoms with Crippen LogP contribution in [0, 0.1) is 6.92 Å². The van der Waals surface area contributed by atoms with Gasteiger partial charge in [0, 0.05) is 32.2 Å². The van der Waals surface area contributed by atoms with Crippen molar-refractivity contribution in [1.82, 2.24) is 19.8 Å². The molecule has 6 heteroatoms. The van der Waals surface area contributed by atoms with E-state index < -0.39 is 0 Å². The Labute approximate surface area is 177 Å². The van der Waals surface area contributed by atoms with Gasteiger partial charge in [0.25, 0.3) is 5.91 Å². The Morgan fingerprint density at radius 2 is 2.07 bits per heavy atom. The molecule has 1 aromatic heterocycles. The highest BCUT2D eigenvalue weighted by atomic mass is 16.5. The molecule has 0 bridgehead atoms. The van der Waals surface area contributed by atoms with Crippen molar-refractivity contribution in [2.45, 2.75) is 39.0 Å². The second-order valence-corrected chi connectivity index (χ2v) is 8.04. The van der Waals surface area contributed by atoms with Crippen molar-refractivity contribution in [3.8, 4) is 0 Å². The Balaban J connectivity index is 1.42. The third kappa shape index (κ3) is 4.40. The van der Waals surface area contributed by atoms with E-state index in [-0.39, 0.29) is 18.1 Å². The number of aryl methyl sites for hydroxylation is 2. The van der Waals surface area contributed by atoms with Gasteiger partial charge in [-0.1, -0.05) is 37.3 Å². The van der Waals surface area contributed by atoms with Crippen molar-refractivity contribution in [2.24, 2.45) is 7.05 Å². The zero-order chi connectivity index (χ0) is 21.1.